The summed E-state index contributed by atoms with van der Waals surface area (Å²) < 4.78 is 11.4. The summed E-state index contributed by atoms with van der Waals surface area (Å²) in [5.74, 6) is 1.06. The Kier molecular flexibility index (Phi) is 7.64. The zero-order valence-corrected chi connectivity index (χ0v) is 18.7. The molecule has 29 heavy (non-hydrogen) atoms. The van der Waals surface area contributed by atoms with Crippen LogP contribution in [0.4, 0.5) is 4.79 Å². The van der Waals surface area contributed by atoms with Crippen molar-refractivity contribution in [2.24, 2.45) is 0 Å². The van der Waals surface area contributed by atoms with E-state index < -0.39 is 0 Å². The molecule has 160 valence electrons. The van der Waals surface area contributed by atoms with Crippen LogP contribution in [-0.4, -0.2) is 56.2 Å². The largest absolute Gasteiger partial charge is 0.495 e. The van der Waals surface area contributed by atoms with Gasteiger partial charge in [0.2, 0.25) is 0 Å². The van der Waals surface area contributed by atoms with E-state index in [1.165, 1.54) is 19.3 Å². The molecule has 1 heterocycles. The first-order valence-electron chi connectivity index (χ1n) is 10.3. The van der Waals surface area contributed by atoms with Gasteiger partial charge in [0, 0.05) is 30.7 Å². The maximum atomic E-state index is 12.9. The number of carbonyl (C=O) groups is 2. The van der Waals surface area contributed by atoms with Crippen LogP contribution in [0.3, 0.4) is 0 Å². The maximum Gasteiger partial charge on any atom is 0.315 e. The molecule has 2 aliphatic rings. The molecule has 0 aromatic heterocycles. The first-order chi connectivity index (χ1) is 14.0. The number of nitrogens with one attached hydrogen (secondary N) is 2. The van der Waals surface area contributed by atoms with E-state index in [4.69, 9.17) is 9.47 Å². The van der Waals surface area contributed by atoms with Crippen molar-refractivity contribution in [3.8, 4) is 11.5 Å². The molecule has 1 aromatic carbocycles. The summed E-state index contributed by atoms with van der Waals surface area (Å²) in [5.41, 5.74) is 0.531. The van der Waals surface area contributed by atoms with E-state index in [9.17, 15) is 9.59 Å². The van der Waals surface area contributed by atoms with Crippen molar-refractivity contribution in [3.63, 3.8) is 0 Å². The van der Waals surface area contributed by atoms with Crippen LogP contribution in [0.25, 0.3) is 0 Å². The average molecular weight is 468 g/mol. The van der Waals surface area contributed by atoms with Gasteiger partial charge >= 0.3 is 6.03 Å². The zero-order chi connectivity index (χ0) is 20.8. The number of ether oxygens (including phenoxy) is 2. The lowest BCUT2D eigenvalue weighted by molar-refractivity contribution is 0.0707. The van der Waals surface area contributed by atoms with Gasteiger partial charge in [-0.1, -0.05) is 19.3 Å². The van der Waals surface area contributed by atoms with Gasteiger partial charge in [0.1, 0.15) is 16.0 Å². The Morgan fingerprint density at radius 2 is 1.45 bits per heavy atom. The second-order valence-electron chi connectivity index (χ2n) is 7.71. The standard InChI is InChI=1S/C21H30BrN3O4/c1-28-17-12-14(13-18(29-2)19(17)22)20(26)25-10-8-16(9-11-25)24-21(27)23-15-6-4-3-5-7-15/h12-13,15-16H,3-11H2,1-2H3,(H2,23,24,27). The zero-order valence-electron chi connectivity index (χ0n) is 17.1. The molecule has 1 aromatic rings. The minimum absolute atomic E-state index is 0.0563. The number of halogens is 1. The highest BCUT2D eigenvalue weighted by molar-refractivity contribution is 9.10. The highest BCUT2D eigenvalue weighted by Gasteiger charge is 2.26. The smallest absolute Gasteiger partial charge is 0.315 e. The van der Waals surface area contributed by atoms with Crippen LogP contribution < -0.4 is 20.1 Å². The summed E-state index contributed by atoms with van der Waals surface area (Å²) >= 11 is 3.43. The van der Waals surface area contributed by atoms with Crippen molar-refractivity contribution in [1.82, 2.24) is 15.5 Å². The van der Waals surface area contributed by atoms with Crippen LogP contribution >= 0.6 is 15.9 Å². The number of benzene rings is 1. The van der Waals surface area contributed by atoms with Crippen LogP contribution in [0.2, 0.25) is 0 Å². The van der Waals surface area contributed by atoms with Gasteiger partial charge in [-0.15, -0.1) is 0 Å². The molecule has 2 N–H and O–H groups in total. The number of carbonyl (C=O) groups excluding carboxylic acids is 2. The summed E-state index contributed by atoms with van der Waals surface area (Å²) in [6.45, 7) is 1.21. The van der Waals surface area contributed by atoms with E-state index in [-0.39, 0.29) is 18.0 Å². The summed E-state index contributed by atoms with van der Waals surface area (Å²) in [6.07, 6.45) is 7.28. The number of piperidine rings is 1. The second-order valence-corrected chi connectivity index (χ2v) is 8.51. The van der Waals surface area contributed by atoms with Crippen LogP contribution in [0, 0.1) is 0 Å². The Bertz CT molecular complexity index is 704. The van der Waals surface area contributed by atoms with Crippen LogP contribution in [0.1, 0.15) is 55.3 Å². The number of likely N-dealkylation sites (tertiary alicyclic amines) is 1. The number of urea groups is 1. The van der Waals surface area contributed by atoms with E-state index in [1.807, 2.05) is 4.90 Å². The van der Waals surface area contributed by atoms with Gasteiger partial charge in [-0.05, 0) is 53.7 Å². The van der Waals surface area contributed by atoms with Gasteiger partial charge in [-0.2, -0.15) is 0 Å². The Morgan fingerprint density at radius 3 is 1.97 bits per heavy atom. The highest BCUT2D eigenvalue weighted by Crippen LogP contribution is 2.36. The normalized spacial score (nSPS) is 18.2. The number of rotatable bonds is 5. The molecule has 0 atom stereocenters. The molecule has 2 fully saturated rings. The average Bonchev–Trinajstić information content (AvgIpc) is 2.74. The summed E-state index contributed by atoms with van der Waals surface area (Å²) in [5, 5.41) is 6.17. The van der Waals surface area contributed by atoms with Crippen molar-refractivity contribution < 1.29 is 19.1 Å². The van der Waals surface area contributed by atoms with Crippen molar-refractivity contribution in [3.05, 3.63) is 22.2 Å². The van der Waals surface area contributed by atoms with Crippen LogP contribution in [-0.2, 0) is 0 Å². The van der Waals surface area contributed by atoms with E-state index in [0.717, 1.165) is 25.7 Å². The maximum absolute atomic E-state index is 12.9. The van der Waals surface area contributed by atoms with Gasteiger partial charge in [-0.3, -0.25) is 4.79 Å². The fraction of sp³-hybridized carbons (Fsp3) is 0.619. The summed E-state index contributed by atoms with van der Waals surface area (Å²) in [6, 6.07) is 3.75. The first-order valence-corrected chi connectivity index (χ1v) is 11.1. The molecular weight excluding hydrogens is 438 g/mol. The molecule has 1 saturated carbocycles. The molecule has 1 saturated heterocycles. The summed E-state index contributed by atoms with van der Waals surface area (Å²) in [7, 11) is 3.12. The lowest BCUT2D eigenvalue weighted by atomic mass is 9.96. The van der Waals surface area contributed by atoms with Crippen LogP contribution in [0.15, 0.2) is 16.6 Å². The fourth-order valence-electron chi connectivity index (χ4n) is 4.06. The molecule has 3 rings (SSSR count). The van der Waals surface area contributed by atoms with E-state index in [2.05, 4.69) is 26.6 Å². The molecule has 0 spiro atoms. The first kappa shape index (κ1) is 21.7. The van der Waals surface area contributed by atoms with Crippen molar-refractivity contribution in [1.29, 1.82) is 0 Å². The second kappa shape index (κ2) is 10.2. The van der Waals surface area contributed by atoms with Gasteiger partial charge in [0.15, 0.2) is 0 Å². The molecular formula is C21H30BrN3O4. The van der Waals surface area contributed by atoms with E-state index in [1.54, 1.807) is 26.4 Å². The molecule has 7 nitrogen and oxygen atoms in total. The third kappa shape index (κ3) is 5.56. The predicted octanol–water partition coefficient (Wildman–Crippen LogP) is 3.70. The van der Waals surface area contributed by atoms with Gasteiger partial charge in [0.25, 0.3) is 5.91 Å². The number of amides is 3. The van der Waals surface area contributed by atoms with Crippen molar-refractivity contribution >= 4 is 27.9 Å². The minimum Gasteiger partial charge on any atom is -0.495 e. The van der Waals surface area contributed by atoms with E-state index in [0.29, 0.717) is 40.7 Å². The Balaban J connectivity index is 1.52. The molecule has 1 aliphatic carbocycles. The van der Waals surface area contributed by atoms with Gasteiger partial charge in [0.05, 0.1) is 14.2 Å². The van der Waals surface area contributed by atoms with Crippen molar-refractivity contribution in [2.45, 2.75) is 57.0 Å². The number of methoxy groups -OCH3 is 2. The third-order valence-electron chi connectivity index (χ3n) is 5.75. The minimum atomic E-state index is -0.0796. The lowest BCUT2D eigenvalue weighted by Crippen LogP contribution is -2.51. The quantitative estimate of drug-likeness (QED) is 0.691. The molecule has 0 bridgehead atoms. The number of hydrogen-bond donors (Lipinski definition) is 2. The Labute approximate surface area is 180 Å². The van der Waals surface area contributed by atoms with Gasteiger partial charge in [-0.25, -0.2) is 4.79 Å². The SMILES string of the molecule is COc1cc(C(=O)N2CCC(NC(=O)NC3CCCCC3)CC2)cc(OC)c1Br. The molecule has 0 radical (unpaired) electrons. The molecule has 8 heteroatoms. The number of hydrogen-bond acceptors (Lipinski definition) is 4. The highest BCUT2D eigenvalue weighted by atomic mass is 79.9. The molecule has 1 aliphatic heterocycles. The Hall–Kier alpha value is -1.96. The lowest BCUT2D eigenvalue weighted by Gasteiger charge is -2.33. The Morgan fingerprint density at radius 1 is 0.931 bits per heavy atom. The van der Waals surface area contributed by atoms with E-state index >= 15 is 0 Å². The molecule has 0 unspecified atom stereocenters. The molecule has 3 amide bonds. The monoisotopic (exact) mass is 467 g/mol. The summed E-state index contributed by atoms with van der Waals surface area (Å²) in [4.78, 5) is 27.0. The topological polar surface area (TPSA) is 79.9 Å². The predicted molar refractivity (Wildman–Crippen MR) is 115 cm³/mol. The van der Waals surface area contributed by atoms with Crippen molar-refractivity contribution in [2.75, 3.05) is 27.3 Å². The fourth-order valence-corrected chi connectivity index (χ4v) is 4.61. The number of nitrogens with zero attached hydrogens (tertiary/aromatic N) is 1. The third-order valence-corrected chi connectivity index (χ3v) is 6.53. The van der Waals surface area contributed by atoms with Crippen LogP contribution in [0.5, 0.6) is 11.5 Å². The van der Waals surface area contributed by atoms with Gasteiger partial charge < -0.3 is 25.0 Å².